The molecule has 0 bridgehead atoms. The lowest BCUT2D eigenvalue weighted by atomic mass is 10.2. The molecule has 0 radical (unpaired) electrons. The zero-order chi connectivity index (χ0) is 13.1. The van der Waals surface area contributed by atoms with Gasteiger partial charge in [-0.3, -0.25) is 9.19 Å². The molecular formula is C13H13ClN2OS. The maximum atomic E-state index is 12.3. The minimum atomic E-state index is -1.24. The molecule has 5 heteroatoms. The number of rotatable bonds is 3. The Morgan fingerprint density at radius 1 is 1.39 bits per heavy atom. The highest BCUT2D eigenvalue weighted by molar-refractivity contribution is 7.84. The number of nitrogens with zero attached hydrogens (tertiary/aromatic N) is 1. The van der Waals surface area contributed by atoms with E-state index in [1.165, 1.54) is 0 Å². The van der Waals surface area contributed by atoms with Crippen LogP contribution in [-0.4, -0.2) is 9.19 Å². The van der Waals surface area contributed by atoms with Crippen LogP contribution in [0.3, 0.4) is 0 Å². The third-order valence-corrected chi connectivity index (χ3v) is 4.39. The Labute approximate surface area is 113 Å². The molecule has 18 heavy (non-hydrogen) atoms. The van der Waals surface area contributed by atoms with Gasteiger partial charge in [-0.15, -0.1) is 0 Å². The molecule has 2 rings (SSSR count). The number of anilines is 1. The van der Waals surface area contributed by atoms with E-state index in [9.17, 15) is 4.21 Å². The number of hydrogen-bond donors (Lipinski definition) is 1. The fourth-order valence-corrected chi connectivity index (χ4v) is 3.20. The second-order valence-electron chi connectivity index (χ2n) is 3.95. The monoisotopic (exact) mass is 280 g/mol. The number of aromatic nitrogens is 1. The van der Waals surface area contributed by atoms with E-state index < -0.39 is 10.8 Å². The lowest BCUT2D eigenvalue weighted by Gasteiger charge is -2.07. The molecule has 0 saturated carbocycles. The number of nitrogens with two attached hydrogens (primary N) is 1. The molecule has 0 aliphatic carbocycles. The van der Waals surface area contributed by atoms with E-state index in [0.29, 0.717) is 21.4 Å². The fraction of sp³-hybridized carbons (Fsp3) is 0.154. The molecule has 1 aromatic carbocycles. The fourth-order valence-electron chi connectivity index (χ4n) is 1.57. The van der Waals surface area contributed by atoms with E-state index in [2.05, 4.69) is 4.98 Å². The van der Waals surface area contributed by atoms with Crippen LogP contribution in [-0.2, 0) is 16.6 Å². The molecule has 1 aromatic heterocycles. The maximum Gasteiger partial charge on any atom is 0.0708 e. The van der Waals surface area contributed by atoms with Crippen LogP contribution in [0.4, 0.5) is 5.69 Å². The van der Waals surface area contributed by atoms with Gasteiger partial charge in [0.15, 0.2) is 0 Å². The minimum Gasteiger partial charge on any atom is -0.399 e. The smallest absolute Gasteiger partial charge is 0.0708 e. The predicted octanol–water partition coefficient (Wildman–Crippen LogP) is 2.93. The standard InChI is InChI=1S/C13H13ClN2OS/c1-9-3-2-6-16-12(9)8-18(17)13-7-10(15)4-5-11(13)14/h2-7H,8,15H2,1H3. The first-order chi connectivity index (χ1) is 8.58. The lowest BCUT2D eigenvalue weighted by Crippen LogP contribution is -2.02. The third-order valence-electron chi connectivity index (χ3n) is 2.59. The van der Waals surface area contributed by atoms with E-state index in [1.807, 2.05) is 19.1 Å². The predicted molar refractivity (Wildman–Crippen MR) is 75.0 cm³/mol. The molecule has 1 unspecified atom stereocenters. The molecule has 2 N–H and O–H groups in total. The Bertz CT molecular complexity index is 601. The molecule has 0 aliphatic heterocycles. The van der Waals surface area contributed by atoms with Gasteiger partial charge in [0, 0.05) is 11.9 Å². The topological polar surface area (TPSA) is 56.0 Å². The summed E-state index contributed by atoms with van der Waals surface area (Å²) in [5, 5.41) is 0.469. The van der Waals surface area contributed by atoms with Crippen LogP contribution in [0.1, 0.15) is 11.3 Å². The molecule has 0 spiro atoms. The summed E-state index contributed by atoms with van der Waals surface area (Å²) in [6.45, 7) is 1.94. The first kappa shape index (κ1) is 13.1. The Balaban J connectivity index is 2.28. The van der Waals surface area contributed by atoms with Gasteiger partial charge in [-0.2, -0.15) is 0 Å². The first-order valence-corrected chi connectivity index (χ1v) is 7.11. The summed E-state index contributed by atoms with van der Waals surface area (Å²) in [5.41, 5.74) is 8.07. The van der Waals surface area contributed by atoms with E-state index in [0.717, 1.165) is 11.3 Å². The normalized spacial score (nSPS) is 12.3. The Morgan fingerprint density at radius 3 is 2.89 bits per heavy atom. The van der Waals surface area contributed by atoms with E-state index >= 15 is 0 Å². The number of nitrogen functional groups attached to an aromatic ring is 1. The van der Waals surface area contributed by atoms with E-state index in [-0.39, 0.29) is 0 Å². The summed E-state index contributed by atoms with van der Waals surface area (Å²) < 4.78 is 12.3. The van der Waals surface area contributed by atoms with Crippen LogP contribution in [0.5, 0.6) is 0 Å². The SMILES string of the molecule is Cc1cccnc1CS(=O)c1cc(N)ccc1Cl. The summed E-state index contributed by atoms with van der Waals surface area (Å²) in [7, 11) is -1.24. The third kappa shape index (κ3) is 2.89. The Kier molecular flexibility index (Phi) is 3.99. The molecule has 0 fully saturated rings. The van der Waals surface area contributed by atoms with Crippen LogP contribution < -0.4 is 5.73 Å². The quantitative estimate of drug-likeness (QED) is 0.880. The minimum absolute atomic E-state index is 0.343. The van der Waals surface area contributed by atoms with E-state index in [4.69, 9.17) is 17.3 Å². The molecule has 0 saturated heterocycles. The van der Waals surface area contributed by atoms with Gasteiger partial charge in [0.2, 0.25) is 0 Å². The Morgan fingerprint density at radius 2 is 2.17 bits per heavy atom. The highest BCUT2D eigenvalue weighted by Crippen LogP contribution is 2.24. The molecule has 1 heterocycles. The van der Waals surface area contributed by atoms with Gasteiger partial charge < -0.3 is 5.73 Å². The summed E-state index contributed by atoms with van der Waals surface area (Å²) in [4.78, 5) is 4.79. The number of pyridine rings is 1. The summed E-state index contributed by atoms with van der Waals surface area (Å²) in [5.74, 6) is 0.343. The average Bonchev–Trinajstić information content (AvgIpc) is 2.35. The van der Waals surface area contributed by atoms with E-state index in [1.54, 1.807) is 24.4 Å². The number of aryl methyl sites for hydroxylation is 1. The largest absolute Gasteiger partial charge is 0.399 e. The van der Waals surface area contributed by atoms with Gasteiger partial charge in [-0.1, -0.05) is 17.7 Å². The second-order valence-corrected chi connectivity index (χ2v) is 5.77. The molecular weight excluding hydrogens is 268 g/mol. The van der Waals surface area contributed by atoms with Gasteiger partial charge >= 0.3 is 0 Å². The maximum absolute atomic E-state index is 12.3. The molecule has 94 valence electrons. The van der Waals surface area contributed by atoms with Crippen LogP contribution in [0.25, 0.3) is 0 Å². The van der Waals surface area contributed by atoms with Crippen molar-refractivity contribution in [1.82, 2.24) is 4.98 Å². The zero-order valence-electron chi connectivity index (χ0n) is 9.89. The van der Waals surface area contributed by atoms with Crippen LogP contribution >= 0.6 is 11.6 Å². The Hall–Kier alpha value is -1.39. The van der Waals surface area contributed by atoms with Crippen LogP contribution in [0, 0.1) is 6.92 Å². The first-order valence-electron chi connectivity index (χ1n) is 5.42. The summed E-state index contributed by atoms with van der Waals surface area (Å²) in [6.07, 6.45) is 1.69. The van der Waals surface area contributed by atoms with Crippen molar-refractivity contribution in [3.05, 3.63) is 52.8 Å². The number of halogens is 1. The van der Waals surface area contributed by atoms with Crippen LogP contribution in [0.15, 0.2) is 41.4 Å². The van der Waals surface area contributed by atoms with Gasteiger partial charge in [0.25, 0.3) is 0 Å². The highest BCUT2D eigenvalue weighted by atomic mass is 35.5. The van der Waals surface area contributed by atoms with Gasteiger partial charge in [0.05, 0.1) is 32.2 Å². The van der Waals surface area contributed by atoms with Crippen molar-refractivity contribution < 1.29 is 4.21 Å². The highest BCUT2D eigenvalue weighted by Gasteiger charge is 2.12. The molecule has 0 amide bonds. The van der Waals surface area contributed by atoms with Crippen molar-refractivity contribution in [1.29, 1.82) is 0 Å². The van der Waals surface area contributed by atoms with Crippen molar-refractivity contribution in [2.75, 3.05) is 5.73 Å². The van der Waals surface area contributed by atoms with Crippen LogP contribution in [0.2, 0.25) is 5.02 Å². The molecule has 0 aliphatic rings. The van der Waals surface area contributed by atoms with Crippen molar-refractivity contribution in [3.8, 4) is 0 Å². The zero-order valence-corrected chi connectivity index (χ0v) is 11.5. The lowest BCUT2D eigenvalue weighted by molar-refractivity contribution is 0.682. The second kappa shape index (κ2) is 5.50. The molecule has 2 aromatic rings. The van der Waals surface area contributed by atoms with Gasteiger partial charge in [-0.25, -0.2) is 0 Å². The summed E-state index contributed by atoms with van der Waals surface area (Å²) >= 11 is 6.03. The number of hydrogen-bond acceptors (Lipinski definition) is 3. The molecule has 3 nitrogen and oxygen atoms in total. The van der Waals surface area contributed by atoms with Crippen molar-refractivity contribution in [2.24, 2.45) is 0 Å². The molecule has 1 atom stereocenters. The summed E-state index contributed by atoms with van der Waals surface area (Å²) in [6, 6.07) is 8.80. The van der Waals surface area contributed by atoms with Crippen molar-refractivity contribution in [3.63, 3.8) is 0 Å². The average molecular weight is 281 g/mol. The van der Waals surface area contributed by atoms with Crippen molar-refractivity contribution in [2.45, 2.75) is 17.6 Å². The van der Waals surface area contributed by atoms with Gasteiger partial charge in [0.1, 0.15) is 0 Å². The van der Waals surface area contributed by atoms with Crippen molar-refractivity contribution >= 4 is 28.1 Å². The number of benzene rings is 1. The van der Waals surface area contributed by atoms with Gasteiger partial charge in [-0.05, 0) is 36.8 Å².